The van der Waals surface area contributed by atoms with Crippen LogP contribution in [0.2, 0.25) is 0 Å². The van der Waals surface area contributed by atoms with Gasteiger partial charge in [-0.1, -0.05) is 13.3 Å². The van der Waals surface area contributed by atoms with Crippen LogP contribution in [-0.4, -0.2) is 27.3 Å². The van der Waals surface area contributed by atoms with Gasteiger partial charge < -0.3 is 10.4 Å². The number of rotatable bonds is 5. The van der Waals surface area contributed by atoms with Crippen molar-refractivity contribution in [3.63, 3.8) is 0 Å². The van der Waals surface area contributed by atoms with E-state index in [0.29, 0.717) is 6.42 Å². The molecule has 0 radical (unpaired) electrons. The van der Waals surface area contributed by atoms with Crippen molar-refractivity contribution >= 4 is 11.8 Å². The highest BCUT2D eigenvalue weighted by atomic mass is 16.4. The van der Waals surface area contributed by atoms with Gasteiger partial charge >= 0.3 is 5.97 Å². The van der Waals surface area contributed by atoms with E-state index in [1.807, 2.05) is 13.0 Å². The minimum atomic E-state index is -0.962. The van der Waals surface area contributed by atoms with Crippen molar-refractivity contribution in [3.05, 3.63) is 17.8 Å². The maximum absolute atomic E-state index is 10.9. The van der Waals surface area contributed by atoms with Gasteiger partial charge in [0, 0.05) is 0 Å². The maximum Gasteiger partial charge on any atom is 0.326 e. The molecule has 1 unspecified atom stereocenters. The molecule has 0 aromatic carbocycles. The van der Waals surface area contributed by atoms with Crippen molar-refractivity contribution in [2.24, 2.45) is 0 Å². The number of aliphatic carboxylic acids is 1. The highest BCUT2D eigenvalue weighted by molar-refractivity contribution is 5.77. The smallest absolute Gasteiger partial charge is 0.326 e. The molecule has 0 spiro atoms. The molecular formula is C10H12N4O2. The maximum atomic E-state index is 10.9. The van der Waals surface area contributed by atoms with E-state index in [0.717, 1.165) is 6.42 Å². The molecule has 2 N–H and O–H groups in total. The van der Waals surface area contributed by atoms with E-state index < -0.39 is 12.0 Å². The average Bonchev–Trinajstić information content (AvgIpc) is 2.29. The standard InChI is InChI=1S/C10H12N4O2/c1-2-3-8(10(15)16)13-9-7(6-11)4-5-12-14-9/h4-5,8H,2-3H2,1H3,(H,13,14)(H,15,16). The number of carbonyl (C=O) groups is 1. The first kappa shape index (κ1) is 11.9. The summed E-state index contributed by atoms with van der Waals surface area (Å²) in [5.41, 5.74) is 0.289. The Morgan fingerprint density at radius 2 is 2.50 bits per heavy atom. The van der Waals surface area contributed by atoms with Crippen LogP contribution in [0.15, 0.2) is 12.3 Å². The van der Waals surface area contributed by atoms with Gasteiger partial charge in [-0.05, 0) is 12.5 Å². The minimum Gasteiger partial charge on any atom is -0.480 e. The van der Waals surface area contributed by atoms with Crippen LogP contribution in [0.4, 0.5) is 5.82 Å². The van der Waals surface area contributed by atoms with E-state index in [1.54, 1.807) is 0 Å². The SMILES string of the molecule is CCCC(Nc1nnccc1C#N)C(=O)O. The van der Waals surface area contributed by atoms with Crippen LogP contribution in [-0.2, 0) is 4.79 Å². The Balaban J connectivity index is 2.85. The Hall–Kier alpha value is -2.16. The van der Waals surface area contributed by atoms with Gasteiger partial charge in [-0.15, -0.1) is 5.10 Å². The first-order valence-corrected chi connectivity index (χ1v) is 4.90. The summed E-state index contributed by atoms with van der Waals surface area (Å²) in [6, 6.07) is 2.67. The second kappa shape index (κ2) is 5.66. The normalized spacial score (nSPS) is 11.5. The molecule has 1 rings (SSSR count). The van der Waals surface area contributed by atoms with Crippen molar-refractivity contribution in [3.8, 4) is 6.07 Å². The summed E-state index contributed by atoms with van der Waals surface area (Å²) in [7, 11) is 0. The topological polar surface area (TPSA) is 98.9 Å². The Labute approximate surface area is 92.9 Å². The van der Waals surface area contributed by atoms with E-state index in [1.165, 1.54) is 12.3 Å². The van der Waals surface area contributed by atoms with Crippen LogP contribution in [0.5, 0.6) is 0 Å². The molecule has 16 heavy (non-hydrogen) atoms. The average molecular weight is 220 g/mol. The monoisotopic (exact) mass is 220 g/mol. The van der Waals surface area contributed by atoms with Gasteiger partial charge in [0.25, 0.3) is 0 Å². The summed E-state index contributed by atoms with van der Waals surface area (Å²) in [6.45, 7) is 1.89. The Morgan fingerprint density at radius 3 is 3.06 bits per heavy atom. The molecular weight excluding hydrogens is 208 g/mol. The van der Waals surface area contributed by atoms with Gasteiger partial charge in [0.2, 0.25) is 0 Å². The fourth-order valence-corrected chi connectivity index (χ4v) is 1.24. The molecule has 1 atom stereocenters. The Morgan fingerprint density at radius 1 is 1.75 bits per heavy atom. The zero-order chi connectivity index (χ0) is 12.0. The van der Waals surface area contributed by atoms with Crippen molar-refractivity contribution in [1.29, 1.82) is 5.26 Å². The number of aromatic nitrogens is 2. The zero-order valence-electron chi connectivity index (χ0n) is 8.84. The van der Waals surface area contributed by atoms with Gasteiger partial charge in [-0.2, -0.15) is 10.4 Å². The molecule has 0 amide bonds. The number of anilines is 1. The third-order valence-corrected chi connectivity index (χ3v) is 2.03. The number of carboxylic acid groups (broad SMARTS) is 1. The lowest BCUT2D eigenvalue weighted by atomic mass is 10.1. The molecule has 6 nitrogen and oxygen atoms in total. The predicted octanol–water partition coefficient (Wildman–Crippen LogP) is 1.01. The van der Waals surface area contributed by atoms with Crippen LogP contribution in [0.25, 0.3) is 0 Å². The molecule has 0 aliphatic carbocycles. The molecule has 1 aromatic rings. The molecule has 0 saturated heterocycles. The van der Waals surface area contributed by atoms with E-state index in [2.05, 4.69) is 15.5 Å². The molecule has 0 bridgehead atoms. The summed E-state index contributed by atoms with van der Waals surface area (Å²) < 4.78 is 0. The molecule has 1 heterocycles. The third-order valence-electron chi connectivity index (χ3n) is 2.03. The van der Waals surface area contributed by atoms with Gasteiger partial charge in [0.05, 0.1) is 11.8 Å². The van der Waals surface area contributed by atoms with E-state index >= 15 is 0 Å². The first-order chi connectivity index (χ1) is 7.69. The van der Waals surface area contributed by atoms with Crippen molar-refractivity contribution in [1.82, 2.24) is 10.2 Å². The van der Waals surface area contributed by atoms with Gasteiger partial charge in [0.1, 0.15) is 12.1 Å². The van der Waals surface area contributed by atoms with Crippen molar-refractivity contribution < 1.29 is 9.90 Å². The number of nitrogens with one attached hydrogen (secondary N) is 1. The Bertz CT molecular complexity index is 414. The fraction of sp³-hybridized carbons (Fsp3) is 0.400. The second-order valence-corrected chi connectivity index (χ2v) is 3.23. The molecule has 1 aromatic heterocycles. The minimum absolute atomic E-state index is 0.214. The highest BCUT2D eigenvalue weighted by Crippen LogP contribution is 2.12. The summed E-state index contributed by atoms with van der Waals surface area (Å²) in [6.07, 6.45) is 2.59. The summed E-state index contributed by atoms with van der Waals surface area (Å²) >= 11 is 0. The number of nitrogens with zero attached hydrogens (tertiary/aromatic N) is 3. The zero-order valence-corrected chi connectivity index (χ0v) is 8.84. The van der Waals surface area contributed by atoms with Crippen LogP contribution in [0.1, 0.15) is 25.3 Å². The Kier molecular flexibility index (Phi) is 4.21. The van der Waals surface area contributed by atoms with Crippen LogP contribution in [0.3, 0.4) is 0 Å². The molecule has 6 heteroatoms. The number of nitriles is 1. The molecule has 0 fully saturated rings. The van der Waals surface area contributed by atoms with Crippen LogP contribution >= 0.6 is 0 Å². The predicted molar refractivity (Wildman–Crippen MR) is 56.7 cm³/mol. The van der Waals surface area contributed by atoms with Gasteiger partial charge in [-0.3, -0.25) is 0 Å². The molecule has 0 aliphatic rings. The lowest BCUT2D eigenvalue weighted by molar-refractivity contribution is -0.138. The van der Waals surface area contributed by atoms with Crippen molar-refractivity contribution in [2.45, 2.75) is 25.8 Å². The fourth-order valence-electron chi connectivity index (χ4n) is 1.24. The number of hydrogen-bond donors (Lipinski definition) is 2. The largest absolute Gasteiger partial charge is 0.480 e. The number of hydrogen-bond acceptors (Lipinski definition) is 5. The third kappa shape index (κ3) is 2.92. The lowest BCUT2D eigenvalue weighted by Crippen LogP contribution is -2.29. The van der Waals surface area contributed by atoms with Crippen molar-refractivity contribution in [2.75, 3.05) is 5.32 Å². The van der Waals surface area contributed by atoms with Crippen LogP contribution in [0, 0.1) is 11.3 Å². The second-order valence-electron chi connectivity index (χ2n) is 3.23. The van der Waals surface area contributed by atoms with Gasteiger partial charge in [0.15, 0.2) is 5.82 Å². The molecule has 0 saturated carbocycles. The highest BCUT2D eigenvalue weighted by Gasteiger charge is 2.18. The van der Waals surface area contributed by atoms with E-state index in [4.69, 9.17) is 10.4 Å². The van der Waals surface area contributed by atoms with Crippen LogP contribution < -0.4 is 5.32 Å². The quantitative estimate of drug-likeness (QED) is 0.768. The molecule has 84 valence electrons. The lowest BCUT2D eigenvalue weighted by Gasteiger charge is -2.13. The first-order valence-electron chi connectivity index (χ1n) is 4.90. The van der Waals surface area contributed by atoms with E-state index in [-0.39, 0.29) is 11.4 Å². The van der Waals surface area contributed by atoms with E-state index in [9.17, 15) is 4.79 Å². The number of carboxylic acids is 1. The van der Waals surface area contributed by atoms with Gasteiger partial charge in [-0.25, -0.2) is 4.79 Å². The summed E-state index contributed by atoms with van der Waals surface area (Å²) in [5, 5.41) is 27.7. The molecule has 0 aliphatic heterocycles. The summed E-state index contributed by atoms with van der Waals surface area (Å²) in [5.74, 6) is -0.748. The summed E-state index contributed by atoms with van der Waals surface area (Å²) in [4.78, 5) is 10.9.